The van der Waals surface area contributed by atoms with Gasteiger partial charge in [-0.1, -0.05) is 35.5 Å². The Morgan fingerprint density at radius 2 is 1.48 bits per heavy atom. The fourth-order valence-electron chi connectivity index (χ4n) is 1.87. The van der Waals surface area contributed by atoms with Gasteiger partial charge in [-0.15, -0.1) is 0 Å². The van der Waals surface area contributed by atoms with Crippen LogP contribution in [0.3, 0.4) is 0 Å². The summed E-state index contributed by atoms with van der Waals surface area (Å²) in [5.41, 5.74) is 1.76. The quantitative estimate of drug-likeness (QED) is 0.366. The zero-order chi connectivity index (χ0) is 14.9. The molecule has 0 atom stereocenters. The molecule has 0 saturated carbocycles. The lowest BCUT2D eigenvalue weighted by Crippen LogP contribution is -2.09. The minimum atomic E-state index is 0.491. The molecule has 0 radical (unpaired) electrons. The second-order valence-electron chi connectivity index (χ2n) is 4.67. The van der Waals surface area contributed by atoms with Crippen LogP contribution in [0.15, 0.2) is 59.8 Å². The van der Waals surface area contributed by atoms with Gasteiger partial charge in [0, 0.05) is 6.42 Å². The maximum Gasteiger partial charge on any atom is 0.122 e. The van der Waals surface area contributed by atoms with E-state index in [4.69, 9.17) is 14.7 Å². The van der Waals surface area contributed by atoms with Crippen molar-refractivity contribution in [2.75, 3.05) is 13.2 Å². The molecule has 2 aromatic rings. The van der Waals surface area contributed by atoms with Gasteiger partial charge in [-0.05, 0) is 36.8 Å². The molecule has 110 valence electrons. The lowest BCUT2D eigenvalue weighted by molar-refractivity contribution is 0.217. The Labute approximate surface area is 124 Å². The van der Waals surface area contributed by atoms with E-state index in [0.29, 0.717) is 25.3 Å². The maximum absolute atomic E-state index is 8.64. The average molecular weight is 285 g/mol. The fraction of sp³-hybridized carbons (Fsp3) is 0.235. The Morgan fingerprint density at radius 3 is 2.05 bits per heavy atom. The Balaban J connectivity index is 1.73. The van der Waals surface area contributed by atoms with Crippen molar-refractivity contribution < 1.29 is 14.7 Å². The van der Waals surface area contributed by atoms with Crippen LogP contribution < -0.4 is 9.47 Å². The monoisotopic (exact) mass is 285 g/mol. The molecule has 0 heterocycles. The second kappa shape index (κ2) is 7.94. The van der Waals surface area contributed by atoms with Crippen molar-refractivity contribution in [3.8, 4) is 11.5 Å². The molecular formula is C17H19NO3. The molecule has 0 saturated heterocycles. The van der Waals surface area contributed by atoms with Gasteiger partial charge in [0.15, 0.2) is 0 Å². The number of hydrogen-bond acceptors (Lipinski definition) is 4. The first kappa shape index (κ1) is 14.9. The van der Waals surface area contributed by atoms with E-state index in [9.17, 15) is 0 Å². The standard InChI is InChI=1S/C17H19NO3/c1-14(18-19)13-15-7-9-17(10-8-15)21-12-11-20-16-5-3-2-4-6-16/h2-10,19H,11-13H2,1H3/b18-14-. The van der Waals surface area contributed by atoms with Crippen molar-refractivity contribution in [1.82, 2.24) is 0 Å². The molecule has 2 rings (SSSR count). The number of hydrogen-bond donors (Lipinski definition) is 1. The fourth-order valence-corrected chi connectivity index (χ4v) is 1.87. The summed E-state index contributed by atoms with van der Waals surface area (Å²) in [5.74, 6) is 1.64. The van der Waals surface area contributed by atoms with Crippen LogP contribution in [0.2, 0.25) is 0 Å². The number of rotatable bonds is 7. The average Bonchev–Trinajstić information content (AvgIpc) is 2.54. The molecule has 0 aliphatic carbocycles. The Morgan fingerprint density at radius 1 is 0.905 bits per heavy atom. The van der Waals surface area contributed by atoms with Gasteiger partial charge in [-0.25, -0.2) is 0 Å². The first-order chi connectivity index (χ1) is 10.3. The van der Waals surface area contributed by atoms with Gasteiger partial charge in [0.05, 0.1) is 5.71 Å². The normalized spacial score (nSPS) is 11.2. The van der Waals surface area contributed by atoms with E-state index in [2.05, 4.69) is 5.16 Å². The van der Waals surface area contributed by atoms with Crippen LogP contribution in [0.25, 0.3) is 0 Å². The second-order valence-corrected chi connectivity index (χ2v) is 4.67. The van der Waals surface area contributed by atoms with Gasteiger partial charge < -0.3 is 14.7 Å². The number of ether oxygens (including phenoxy) is 2. The molecule has 21 heavy (non-hydrogen) atoms. The summed E-state index contributed by atoms with van der Waals surface area (Å²) in [6.07, 6.45) is 0.633. The van der Waals surface area contributed by atoms with Gasteiger partial charge in [0.1, 0.15) is 24.7 Å². The van der Waals surface area contributed by atoms with Crippen LogP contribution in [0.1, 0.15) is 12.5 Å². The van der Waals surface area contributed by atoms with Crippen molar-refractivity contribution in [2.24, 2.45) is 5.16 Å². The largest absolute Gasteiger partial charge is 0.490 e. The molecule has 0 aromatic heterocycles. The van der Waals surface area contributed by atoms with E-state index < -0.39 is 0 Å². The minimum absolute atomic E-state index is 0.491. The number of nitrogens with zero attached hydrogens (tertiary/aromatic N) is 1. The third-order valence-corrected chi connectivity index (χ3v) is 2.92. The molecule has 0 aliphatic heterocycles. The molecule has 4 nitrogen and oxygen atoms in total. The summed E-state index contributed by atoms with van der Waals surface area (Å²) in [4.78, 5) is 0. The summed E-state index contributed by atoms with van der Waals surface area (Å²) in [7, 11) is 0. The Hall–Kier alpha value is -2.49. The van der Waals surface area contributed by atoms with E-state index in [-0.39, 0.29) is 0 Å². The summed E-state index contributed by atoms with van der Waals surface area (Å²) < 4.78 is 11.2. The van der Waals surface area contributed by atoms with Crippen LogP contribution in [0.4, 0.5) is 0 Å². The van der Waals surface area contributed by atoms with Gasteiger partial charge >= 0.3 is 0 Å². The Bertz CT molecular complexity index is 564. The van der Waals surface area contributed by atoms with Crippen LogP contribution in [0, 0.1) is 0 Å². The number of para-hydroxylation sites is 1. The summed E-state index contributed by atoms with van der Waals surface area (Å²) in [6.45, 7) is 2.78. The smallest absolute Gasteiger partial charge is 0.122 e. The van der Waals surface area contributed by atoms with E-state index in [0.717, 1.165) is 17.1 Å². The van der Waals surface area contributed by atoms with Gasteiger partial charge in [0.25, 0.3) is 0 Å². The SMILES string of the molecule is C/C(Cc1ccc(OCCOc2ccccc2)cc1)=N/O. The first-order valence-corrected chi connectivity index (χ1v) is 6.85. The molecule has 2 aromatic carbocycles. The third kappa shape index (κ3) is 5.18. The summed E-state index contributed by atoms with van der Waals surface area (Å²) >= 11 is 0. The van der Waals surface area contributed by atoms with Crippen molar-refractivity contribution in [1.29, 1.82) is 0 Å². The highest BCUT2D eigenvalue weighted by Gasteiger charge is 1.99. The van der Waals surface area contributed by atoms with Crippen LogP contribution in [0.5, 0.6) is 11.5 Å². The van der Waals surface area contributed by atoms with Gasteiger partial charge in [-0.2, -0.15) is 0 Å². The summed E-state index contributed by atoms with van der Waals surface area (Å²) in [6, 6.07) is 17.4. The highest BCUT2D eigenvalue weighted by molar-refractivity contribution is 5.83. The number of benzene rings is 2. The lowest BCUT2D eigenvalue weighted by Gasteiger charge is -2.09. The highest BCUT2D eigenvalue weighted by atomic mass is 16.5. The topological polar surface area (TPSA) is 51.0 Å². The highest BCUT2D eigenvalue weighted by Crippen LogP contribution is 2.13. The molecule has 0 unspecified atom stereocenters. The predicted octanol–water partition coefficient (Wildman–Crippen LogP) is 3.54. The van der Waals surface area contributed by atoms with E-state index >= 15 is 0 Å². The maximum atomic E-state index is 8.64. The lowest BCUT2D eigenvalue weighted by atomic mass is 10.1. The zero-order valence-electron chi connectivity index (χ0n) is 12.0. The molecular weight excluding hydrogens is 266 g/mol. The molecule has 0 spiro atoms. The molecule has 0 bridgehead atoms. The van der Waals surface area contributed by atoms with Crippen LogP contribution in [-0.2, 0) is 6.42 Å². The molecule has 0 fully saturated rings. The van der Waals surface area contributed by atoms with Crippen molar-refractivity contribution >= 4 is 5.71 Å². The number of oxime groups is 1. The van der Waals surface area contributed by atoms with Gasteiger partial charge in [-0.3, -0.25) is 0 Å². The predicted molar refractivity (Wildman–Crippen MR) is 82.5 cm³/mol. The molecule has 0 aliphatic rings. The van der Waals surface area contributed by atoms with Crippen molar-refractivity contribution in [3.05, 3.63) is 60.2 Å². The molecule has 4 heteroatoms. The zero-order valence-corrected chi connectivity index (χ0v) is 12.0. The summed E-state index contributed by atoms with van der Waals surface area (Å²) in [5, 5.41) is 11.8. The van der Waals surface area contributed by atoms with E-state index in [1.807, 2.05) is 54.6 Å². The molecule has 1 N–H and O–H groups in total. The van der Waals surface area contributed by atoms with E-state index in [1.54, 1.807) is 6.92 Å². The third-order valence-electron chi connectivity index (χ3n) is 2.92. The van der Waals surface area contributed by atoms with Crippen LogP contribution >= 0.6 is 0 Å². The van der Waals surface area contributed by atoms with E-state index in [1.165, 1.54) is 0 Å². The Kier molecular flexibility index (Phi) is 5.64. The minimum Gasteiger partial charge on any atom is -0.490 e. The van der Waals surface area contributed by atoms with Crippen LogP contribution in [-0.4, -0.2) is 24.1 Å². The van der Waals surface area contributed by atoms with Gasteiger partial charge in [0.2, 0.25) is 0 Å². The van der Waals surface area contributed by atoms with Crippen molar-refractivity contribution in [3.63, 3.8) is 0 Å². The van der Waals surface area contributed by atoms with Crippen molar-refractivity contribution in [2.45, 2.75) is 13.3 Å². The molecule has 0 amide bonds. The first-order valence-electron chi connectivity index (χ1n) is 6.85.